The normalized spacial score (nSPS) is 9.89. The van der Waals surface area contributed by atoms with Crippen molar-refractivity contribution >= 4 is 17.4 Å². The highest BCUT2D eigenvalue weighted by molar-refractivity contribution is 6.32. The zero-order chi connectivity index (χ0) is 13.1. The summed E-state index contributed by atoms with van der Waals surface area (Å²) in [5.74, 6) is 0.873. The van der Waals surface area contributed by atoms with Crippen LogP contribution in [0.5, 0.6) is 0 Å². The van der Waals surface area contributed by atoms with Crippen molar-refractivity contribution in [1.29, 1.82) is 5.26 Å². The van der Waals surface area contributed by atoms with Crippen LogP contribution in [-0.2, 0) is 0 Å². The predicted molar refractivity (Wildman–Crippen MR) is 73.7 cm³/mol. The van der Waals surface area contributed by atoms with Gasteiger partial charge in [-0.25, -0.2) is 4.98 Å². The van der Waals surface area contributed by atoms with Gasteiger partial charge in [0.1, 0.15) is 11.9 Å². The molecule has 2 aromatic rings. The van der Waals surface area contributed by atoms with Gasteiger partial charge in [-0.15, -0.1) is 0 Å². The number of hydrogen-bond acceptors (Lipinski definition) is 3. The summed E-state index contributed by atoms with van der Waals surface area (Å²) in [7, 11) is 3.88. The molecule has 0 amide bonds. The van der Waals surface area contributed by atoms with E-state index in [1.54, 1.807) is 18.3 Å². The minimum atomic E-state index is 0.462. The van der Waals surface area contributed by atoms with Gasteiger partial charge in [-0.1, -0.05) is 17.7 Å². The number of nitrogens with zero attached hydrogens (tertiary/aromatic N) is 3. The average molecular weight is 258 g/mol. The van der Waals surface area contributed by atoms with Gasteiger partial charge in [-0.3, -0.25) is 0 Å². The predicted octanol–water partition coefficient (Wildman–Crippen LogP) is 3.34. The Morgan fingerprint density at radius 1 is 1.28 bits per heavy atom. The third-order valence-corrected chi connectivity index (χ3v) is 2.92. The summed E-state index contributed by atoms with van der Waals surface area (Å²) < 4.78 is 0. The third-order valence-electron chi connectivity index (χ3n) is 2.61. The lowest BCUT2D eigenvalue weighted by atomic mass is 10.0. The van der Waals surface area contributed by atoms with E-state index in [9.17, 15) is 0 Å². The van der Waals surface area contributed by atoms with Gasteiger partial charge < -0.3 is 4.90 Å². The molecule has 0 bridgehead atoms. The molecule has 0 saturated heterocycles. The maximum absolute atomic E-state index is 8.87. The Kier molecular flexibility index (Phi) is 3.50. The highest BCUT2D eigenvalue weighted by atomic mass is 35.5. The fourth-order valence-corrected chi connectivity index (χ4v) is 1.97. The molecule has 0 atom stereocenters. The van der Waals surface area contributed by atoms with Crippen LogP contribution in [0.15, 0.2) is 36.5 Å². The van der Waals surface area contributed by atoms with Gasteiger partial charge >= 0.3 is 0 Å². The second-order valence-corrected chi connectivity index (χ2v) is 4.48. The van der Waals surface area contributed by atoms with E-state index in [1.807, 2.05) is 37.2 Å². The quantitative estimate of drug-likeness (QED) is 0.828. The molecular formula is C14H12ClN3. The number of rotatable bonds is 2. The molecule has 0 unspecified atom stereocenters. The molecule has 2 rings (SSSR count). The Morgan fingerprint density at radius 3 is 2.67 bits per heavy atom. The van der Waals surface area contributed by atoms with Crippen molar-refractivity contribution in [2.45, 2.75) is 0 Å². The fourth-order valence-electron chi connectivity index (χ4n) is 1.75. The van der Waals surface area contributed by atoms with E-state index in [1.165, 1.54) is 0 Å². The number of pyridine rings is 1. The number of halogens is 1. The molecule has 0 radical (unpaired) electrons. The summed E-state index contributed by atoms with van der Waals surface area (Å²) in [6.07, 6.45) is 1.75. The van der Waals surface area contributed by atoms with E-state index in [-0.39, 0.29) is 0 Å². The van der Waals surface area contributed by atoms with Gasteiger partial charge in [0.15, 0.2) is 0 Å². The van der Waals surface area contributed by atoms with Crippen molar-refractivity contribution in [3.63, 3.8) is 0 Å². The summed E-state index contributed by atoms with van der Waals surface area (Å²) in [5, 5.41) is 9.33. The summed E-state index contributed by atoms with van der Waals surface area (Å²) in [6.45, 7) is 0. The summed E-state index contributed by atoms with van der Waals surface area (Å²) in [4.78, 5) is 6.29. The first-order chi connectivity index (χ1) is 8.63. The molecule has 1 aromatic heterocycles. The Balaban J connectivity index is 2.56. The number of aromatic nitrogens is 1. The molecule has 0 aliphatic carbocycles. The van der Waals surface area contributed by atoms with Crippen molar-refractivity contribution in [2.24, 2.45) is 0 Å². The number of hydrogen-bond donors (Lipinski definition) is 0. The molecule has 18 heavy (non-hydrogen) atoms. The van der Waals surface area contributed by atoms with Gasteiger partial charge in [-0.2, -0.15) is 5.26 Å². The zero-order valence-corrected chi connectivity index (χ0v) is 10.9. The Hall–Kier alpha value is -2.05. The standard InChI is InChI=1S/C14H12ClN3/c1-18(2)14-12(4-3-7-17-14)10-5-6-11(9-16)13(15)8-10/h3-8H,1-2H3. The summed E-state index contributed by atoms with van der Waals surface area (Å²) in [6, 6.07) is 11.3. The number of anilines is 1. The first-order valence-electron chi connectivity index (χ1n) is 5.46. The third kappa shape index (κ3) is 2.29. The molecule has 3 nitrogen and oxygen atoms in total. The molecular weight excluding hydrogens is 246 g/mol. The molecule has 0 fully saturated rings. The van der Waals surface area contributed by atoms with E-state index in [4.69, 9.17) is 16.9 Å². The fraction of sp³-hybridized carbons (Fsp3) is 0.143. The Labute approximate surface area is 111 Å². The van der Waals surface area contributed by atoms with Gasteiger partial charge in [0, 0.05) is 25.9 Å². The van der Waals surface area contributed by atoms with Gasteiger partial charge in [0.2, 0.25) is 0 Å². The average Bonchev–Trinajstić information content (AvgIpc) is 2.38. The van der Waals surface area contributed by atoms with Crippen LogP contribution in [0.2, 0.25) is 5.02 Å². The van der Waals surface area contributed by atoms with Crippen molar-refractivity contribution in [2.75, 3.05) is 19.0 Å². The SMILES string of the molecule is CN(C)c1ncccc1-c1ccc(C#N)c(Cl)c1. The van der Waals surface area contributed by atoms with E-state index in [2.05, 4.69) is 11.1 Å². The van der Waals surface area contributed by atoms with Gasteiger partial charge in [0.05, 0.1) is 10.6 Å². The van der Waals surface area contributed by atoms with E-state index in [0.717, 1.165) is 16.9 Å². The monoisotopic (exact) mass is 257 g/mol. The molecule has 1 heterocycles. The van der Waals surface area contributed by atoms with E-state index < -0.39 is 0 Å². The summed E-state index contributed by atoms with van der Waals surface area (Å²) >= 11 is 6.05. The Bertz CT molecular complexity index is 615. The lowest BCUT2D eigenvalue weighted by molar-refractivity contribution is 1.07. The van der Waals surface area contributed by atoms with Crippen molar-refractivity contribution in [3.8, 4) is 17.2 Å². The zero-order valence-electron chi connectivity index (χ0n) is 10.2. The van der Waals surface area contributed by atoms with Gasteiger partial charge in [-0.05, 0) is 29.8 Å². The maximum Gasteiger partial charge on any atom is 0.135 e. The van der Waals surface area contributed by atoms with Crippen LogP contribution in [0.3, 0.4) is 0 Å². The topological polar surface area (TPSA) is 39.9 Å². The van der Waals surface area contributed by atoms with Crippen LogP contribution in [0, 0.1) is 11.3 Å². The molecule has 0 spiro atoms. The first kappa shape index (κ1) is 12.4. The number of nitriles is 1. The second kappa shape index (κ2) is 5.07. The Morgan fingerprint density at radius 2 is 2.06 bits per heavy atom. The molecule has 0 N–H and O–H groups in total. The van der Waals surface area contributed by atoms with E-state index >= 15 is 0 Å². The smallest absolute Gasteiger partial charge is 0.135 e. The molecule has 0 saturated carbocycles. The molecule has 0 aliphatic heterocycles. The molecule has 0 aliphatic rings. The summed E-state index contributed by atoms with van der Waals surface area (Å²) in [5.41, 5.74) is 2.43. The lowest BCUT2D eigenvalue weighted by Crippen LogP contribution is -2.11. The van der Waals surface area contributed by atoms with Crippen LogP contribution >= 0.6 is 11.6 Å². The van der Waals surface area contributed by atoms with Crippen LogP contribution < -0.4 is 4.90 Å². The highest BCUT2D eigenvalue weighted by Gasteiger charge is 2.09. The highest BCUT2D eigenvalue weighted by Crippen LogP contribution is 2.30. The van der Waals surface area contributed by atoms with Gasteiger partial charge in [0.25, 0.3) is 0 Å². The van der Waals surface area contributed by atoms with Crippen LogP contribution in [-0.4, -0.2) is 19.1 Å². The second-order valence-electron chi connectivity index (χ2n) is 4.08. The first-order valence-corrected chi connectivity index (χ1v) is 5.83. The van der Waals surface area contributed by atoms with Crippen molar-refractivity contribution < 1.29 is 0 Å². The molecule has 4 heteroatoms. The number of benzene rings is 1. The minimum Gasteiger partial charge on any atom is -0.362 e. The lowest BCUT2D eigenvalue weighted by Gasteiger charge is -2.16. The largest absolute Gasteiger partial charge is 0.362 e. The molecule has 90 valence electrons. The van der Waals surface area contributed by atoms with Crippen molar-refractivity contribution in [1.82, 2.24) is 4.98 Å². The van der Waals surface area contributed by atoms with Crippen LogP contribution in [0.1, 0.15) is 5.56 Å². The minimum absolute atomic E-state index is 0.462. The van der Waals surface area contributed by atoms with Crippen LogP contribution in [0.25, 0.3) is 11.1 Å². The van der Waals surface area contributed by atoms with Crippen molar-refractivity contribution in [3.05, 3.63) is 47.1 Å². The van der Waals surface area contributed by atoms with Crippen LogP contribution in [0.4, 0.5) is 5.82 Å². The maximum atomic E-state index is 8.87. The van der Waals surface area contributed by atoms with E-state index in [0.29, 0.717) is 10.6 Å². The molecule has 1 aromatic carbocycles.